The molecule has 6 nitrogen and oxygen atoms in total. The number of nitrogens with zero attached hydrogens (tertiary/aromatic N) is 1. The summed E-state index contributed by atoms with van der Waals surface area (Å²) in [7, 11) is 0. The van der Waals surface area contributed by atoms with Gasteiger partial charge >= 0.3 is 6.36 Å². The van der Waals surface area contributed by atoms with Crippen LogP contribution < -0.4 is 14.8 Å². The Morgan fingerprint density at radius 2 is 2.03 bits per heavy atom. The summed E-state index contributed by atoms with van der Waals surface area (Å²) in [5, 5.41) is 2.76. The van der Waals surface area contributed by atoms with Gasteiger partial charge in [0.1, 0.15) is 17.6 Å². The van der Waals surface area contributed by atoms with Crippen molar-refractivity contribution in [1.29, 1.82) is 0 Å². The molecule has 2 aromatic carbocycles. The lowest BCUT2D eigenvalue weighted by Crippen LogP contribution is -2.34. The monoisotopic (exact) mass is 418 g/mol. The van der Waals surface area contributed by atoms with E-state index in [1.807, 2.05) is 6.07 Å². The molecule has 0 bridgehead atoms. The average molecular weight is 418 g/mol. The highest BCUT2D eigenvalue weighted by atomic mass is 19.4. The summed E-state index contributed by atoms with van der Waals surface area (Å²) in [6.45, 7) is 1.95. The van der Waals surface area contributed by atoms with Crippen molar-refractivity contribution in [2.45, 2.75) is 25.8 Å². The van der Waals surface area contributed by atoms with Gasteiger partial charge < -0.3 is 19.2 Å². The normalized spacial score (nSPS) is 15.4. The predicted octanol–water partition coefficient (Wildman–Crippen LogP) is 4.28. The van der Waals surface area contributed by atoms with Crippen molar-refractivity contribution < 1.29 is 31.9 Å². The molecule has 1 amide bonds. The van der Waals surface area contributed by atoms with Crippen molar-refractivity contribution in [1.82, 2.24) is 10.3 Å². The number of benzene rings is 2. The molecule has 2 heterocycles. The summed E-state index contributed by atoms with van der Waals surface area (Å²) < 4.78 is 52.3. The molecule has 156 valence electrons. The third-order valence-electron chi connectivity index (χ3n) is 4.64. The number of rotatable bonds is 5. The zero-order valence-electron chi connectivity index (χ0n) is 15.8. The largest absolute Gasteiger partial charge is 0.573 e. The predicted molar refractivity (Wildman–Crippen MR) is 100 cm³/mol. The Kier molecular flexibility index (Phi) is 5.11. The van der Waals surface area contributed by atoms with Crippen LogP contribution in [0.2, 0.25) is 0 Å². The maximum atomic E-state index is 12.5. The SMILES string of the molecule is Cc1ncoc1C(=O)NCC1Cc2cc(-c3cccc(OC(F)(F)F)c3)ccc2O1. The highest BCUT2D eigenvalue weighted by Gasteiger charge is 2.31. The summed E-state index contributed by atoms with van der Waals surface area (Å²) in [5.74, 6) is 0.192. The molecule has 9 heteroatoms. The first-order valence-electron chi connectivity index (χ1n) is 9.12. The van der Waals surface area contributed by atoms with Crippen LogP contribution in [0.4, 0.5) is 13.2 Å². The molecule has 1 atom stereocenters. The molecule has 0 saturated heterocycles. The molecular formula is C21H17F3N2O4. The van der Waals surface area contributed by atoms with E-state index in [-0.39, 0.29) is 30.1 Å². The number of aryl methyl sites for hydroxylation is 1. The van der Waals surface area contributed by atoms with E-state index in [1.165, 1.54) is 24.6 Å². The second-order valence-corrected chi connectivity index (χ2v) is 6.82. The number of carbonyl (C=O) groups excluding carboxylic acids is 1. The number of hydrogen-bond acceptors (Lipinski definition) is 5. The molecule has 0 saturated carbocycles. The molecule has 0 aliphatic carbocycles. The molecule has 0 fully saturated rings. The zero-order chi connectivity index (χ0) is 21.3. The van der Waals surface area contributed by atoms with Crippen LogP contribution in [0.15, 0.2) is 53.3 Å². The van der Waals surface area contributed by atoms with Crippen LogP contribution in [0.25, 0.3) is 11.1 Å². The Morgan fingerprint density at radius 3 is 2.77 bits per heavy atom. The van der Waals surface area contributed by atoms with Crippen LogP contribution in [0.3, 0.4) is 0 Å². The van der Waals surface area contributed by atoms with Gasteiger partial charge in [-0.25, -0.2) is 4.98 Å². The zero-order valence-corrected chi connectivity index (χ0v) is 15.8. The summed E-state index contributed by atoms with van der Waals surface area (Å²) >= 11 is 0. The quantitative estimate of drug-likeness (QED) is 0.670. The minimum absolute atomic E-state index is 0.161. The van der Waals surface area contributed by atoms with Gasteiger partial charge in [0.05, 0.1) is 12.2 Å². The van der Waals surface area contributed by atoms with Gasteiger partial charge in [0, 0.05) is 6.42 Å². The van der Waals surface area contributed by atoms with Gasteiger partial charge in [-0.3, -0.25) is 4.79 Å². The fourth-order valence-electron chi connectivity index (χ4n) is 3.29. The fraction of sp³-hybridized carbons (Fsp3) is 0.238. The Morgan fingerprint density at radius 1 is 1.23 bits per heavy atom. The summed E-state index contributed by atoms with van der Waals surface area (Å²) in [6, 6.07) is 11.2. The molecule has 4 rings (SSSR count). The summed E-state index contributed by atoms with van der Waals surface area (Å²) in [5.41, 5.74) is 2.75. The smallest absolute Gasteiger partial charge is 0.488 e. The van der Waals surface area contributed by atoms with Gasteiger partial charge in [-0.1, -0.05) is 18.2 Å². The summed E-state index contributed by atoms with van der Waals surface area (Å²) in [4.78, 5) is 16.0. The number of hydrogen-bond donors (Lipinski definition) is 1. The number of oxazole rings is 1. The summed E-state index contributed by atoms with van der Waals surface area (Å²) in [6.07, 6.45) is -3.24. The van der Waals surface area contributed by atoms with Gasteiger partial charge in [-0.15, -0.1) is 13.2 Å². The highest BCUT2D eigenvalue weighted by Crippen LogP contribution is 2.34. The maximum Gasteiger partial charge on any atom is 0.573 e. The van der Waals surface area contributed by atoms with E-state index in [1.54, 1.807) is 25.1 Å². The lowest BCUT2D eigenvalue weighted by Gasteiger charge is -2.11. The Bertz CT molecular complexity index is 1080. The molecule has 1 aliphatic heterocycles. The van der Waals surface area contributed by atoms with Crippen molar-refractivity contribution in [3.8, 4) is 22.6 Å². The van der Waals surface area contributed by atoms with E-state index < -0.39 is 6.36 Å². The van der Waals surface area contributed by atoms with Gasteiger partial charge in [0.25, 0.3) is 5.91 Å². The number of fused-ring (bicyclic) bond motifs is 1. The third-order valence-corrected chi connectivity index (χ3v) is 4.64. The van der Waals surface area contributed by atoms with E-state index in [0.29, 0.717) is 23.4 Å². The Labute approximate surface area is 169 Å². The number of amides is 1. The lowest BCUT2D eigenvalue weighted by atomic mass is 10.0. The Hall–Kier alpha value is -3.49. The minimum Gasteiger partial charge on any atom is -0.488 e. The van der Waals surface area contributed by atoms with Crippen LogP contribution in [0, 0.1) is 6.92 Å². The van der Waals surface area contributed by atoms with Crippen molar-refractivity contribution in [3.05, 3.63) is 65.9 Å². The first-order valence-corrected chi connectivity index (χ1v) is 9.12. The lowest BCUT2D eigenvalue weighted by molar-refractivity contribution is -0.274. The molecule has 1 N–H and O–H groups in total. The maximum absolute atomic E-state index is 12.5. The van der Waals surface area contributed by atoms with E-state index in [4.69, 9.17) is 9.15 Å². The number of aromatic nitrogens is 1. The van der Waals surface area contributed by atoms with Crippen molar-refractivity contribution >= 4 is 5.91 Å². The first kappa shape index (κ1) is 19.8. The second kappa shape index (κ2) is 7.74. The Balaban J connectivity index is 1.43. The molecular weight excluding hydrogens is 401 g/mol. The molecule has 1 unspecified atom stereocenters. The van der Waals surface area contributed by atoms with Crippen LogP contribution >= 0.6 is 0 Å². The molecule has 1 aliphatic rings. The van der Waals surface area contributed by atoms with Gasteiger partial charge in [0.15, 0.2) is 6.39 Å². The van der Waals surface area contributed by atoms with Crippen molar-refractivity contribution in [3.63, 3.8) is 0 Å². The van der Waals surface area contributed by atoms with Crippen LogP contribution in [-0.2, 0) is 6.42 Å². The number of carbonyl (C=O) groups is 1. The van der Waals surface area contributed by atoms with Crippen LogP contribution in [0.5, 0.6) is 11.5 Å². The average Bonchev–Trinajstić information content (AvgIpc) is 3.30. The number of halogens is 3. The van der Waals surface area contributed by atoms with Crippen molar-refractivity contribution in [2.24, 2.45) is 0 Å². The fourth-order valence-corrected chi connectivity index (χ4v) is 3.29. The topological polar surface area (TPSA) is 73.6 Å². The molecule has 0 radical (unpaired) electrons. The number of alkyl halides is 3. The standard InChI is InChI=1S/C21H17F3N2O4/c1-12-19(28-11-26-12)20(27)25-10-17-9-15-7-14(5-6-18(15)29-17)13-3-2-4-16(8-13)30-21(22,23)24/h2-8,11,17H,9-10H2,1H3,(H,25,27). The van der Waals surface area contributed by atoms with Crippen LogP contribution in [0.1, 0.15) is 21.8 Å². The van der Waals surface area contributed by atoms with Gasteiger partial charge in [-0.2, -0.15) is 0 Å². The van der Waals surface area contributed by atoms with Gasteiger partial charge in [-0.05, 0) is 47.9 Å². The van der Waals surface area contributed by atoms with E-state index in [2.05, 4.69) is 15.0 Å². The van der Waals surface area contributed by atoms with E-state index in [9.17, 15) is 18.0 Å². The second-order valence-electron chi connectivity index (χ2n) is 6.82. The van der Waals surface area contributed by atoms with Crippen molar-refractivity contribution in [2.75, 3.05) is 6.54 Å². The molecule has 1 aromatic heterocycles. The van der Waals surface area contributed by atoms with Gasteiger partial charge in [0.2, 0.25) is 5.76 Å². The highest BCUT2D eigenvalue weighted by molar-refractivity contribution is 5.92. The first-order chi connectivity index (χ1) is 14.3. The molecule has 0 spiro atoms. The number of ether oxygens (including phenoxy) is 2. The minimum atomic E-state index is -4.74. The van der Waals surface area contributed by atoms with E-state index in [0.717, 1.165) is 11.1 Å². The third kappa shape index (κ3) is 4.40. The van der Waals surface area contributed by atoms with E-state index >= 15 is 0 Å². The molecule has 30 heavy (non-hydrogen) atoms. The van der Waals surface area contributed by atoms with Crippen LogP contribution in [-0.4, -0.2) is 29.9 Å². The molecule has 3 aromatic rings. The number of nitrogens with one attached hydrogen (secondary N) is 1.